The molecule has 0 spiro atoms. The molecule has 0 aliphatic carbocycles. The van der Waals surface area contributed by atoms with Crippen LogP contribution < -0.4 is 0 Å². The molecule has 0 aliphatic heterocycles. The number of imidazole rings is 1. The van der Waals surface area contributed by atoms with Crippen LogP contribution in [0.2, 0.25) is 0 Å². The van der Waals surface area contributed by atoms with Crippen molar-refractivity contribution >= 4 is 21.9 Å². The molecule has 1 unspecified atom stereocenters. The predicted octanol–water partition coefficient (Wildman–Crippen LogP) is 5.82. The molecule has 0 saturated heterocycles. The fourth-order valence-corrected chi connectivity index (χ4v) is 3.51. The zero-order chi connectivity index (χ0) is 20.9. The standard InChI is InChI=1S/C25H21BrN2O2/c1-18-2-6-20(7-3-18)25(30-24(29)16-19-4-10-22(26)11-5-19)21-8-12-23(13-9-21)28-15-14-27-17-28/h2-15,17,25H,16H2,1H3. The zero-order valence-corrected chi connectivity index (χ0v) is 18.1. The van der Waals surface area contributed by atoms with Crippen LogP contribution in [-0.2, 0) is 16.0 Å². The van der Waals surface area contributed by atoms with Crippen molar-refractivity contribution in [1.82, 2.24) is 9.55 Å². The lowest BCUT2D eigenvalue weighted by atomic mass is 10.00. The largest absolute Gasteiger partial charge is 0.452 e. The number of carbonyl (C=O) groups is 1. The first-order valence-corrected chi connectivity index (χ1v) is 10.5. The van der Waals surface area contributed by atoms with Crippen LogP contribution in [0.3, 0.4) is 0 Å². The van der Waals surface area contributed by atoms with E-state index in [-0.39, 0.29) is 12.4 Å². The molecule has 1 atom stereocenters. The number of halogens is 1. The summed E-state index contributed by atoms with van der Waals surface area (Å²) in [6, 6.07) is 23.8. The molecule has 0 saturated carbocycles. The van der Waals surface area contributed by atoms with E-state index in [1.807, 2.05) is 90.5 Å². The SMILES string of the molecule is Cc1ccc(C(OC(=O)Cc2ccc(Br)cc2)c2ccc(-n3ccnc3)cc2)cc1. The molecule has 150 valence electrons. The average Bonchev–Trinajstić information content (AvgIpc) is 3.30. The number of rotatable bonds is 6. The van der Waals surface area contributed by atoms with Gasteiger partial charge in [0, 0.05) is 22.6 Å². The van der Waals surface area contributed by atoms with E-state index in [0.29, 0.717) is 0 Å². The molecule has 4 nitrogen and oxygen atoms in total. The van der Waals surface area contributed by atoms with Gasteiger partial charge < -0.3 is 9.30 Å². The van der Waals surface area contributed by atoms with Crippen molar-refractivity contribution in [3.05, 3.63) is 118 Å². The van der Waals surface area contributed by atoms with Crippen LogP contribution >= 0.6 is 15.9 Å². The van der Waals surface area contributed by atoms with Crippen molar-refractivity contribution in [3.63, 3.8) is 0 Å². The lowest BCUT2D eigenvalue weighted by Gasteiger charge is -2.20. The quantitative estimate of drug-likeness (QED) is 0.340. The van der Waals surface area contributed by atoms with E-state index in [0.717, 1.165) is 32.4 Å². The van der Waals surface area contributed by atoms with Crippen LogP contribution in [0.15, 0.2) is 96.0 Å². The highest BCUT2D eigenvalue weighted by Gasteiger charge is 2.19. The van der Waals surface area contributed by atoms with Crippen molar-refractivity contribution in [1.29, 1.82) is 0 Å². The summed E-state index contributed by atoms with van der Waals surface area (Å²) in [4.78, 5) is 16.8. The summed E-state index contributed by atoms with van der Waals surface area (Å²) in [5.74, 6) is -0.262. The van der Waals surface area contributed by atoms with E-state index in [9.17, 15) is 4.79 Å². The highest BCUT2D eigenvalue weighted by atomic mass is 79.9. The van der Waals surface area contributed by atoms with E-state index in [1.165, 1.54) is 0 Å². The van der Waals surface area contributed by atoms with E-state index in [4.69, 9.17) is 4.74 Å². The molecule has 0 aliphatic rings. The number of ether oxygens (including phenoxy) is 1. The maximum absolute atomic E-state index is 12.7. The third-order valence-electron chi connectivity index (χ3n) is 4.89. The summed E-state index contributed by atoms with van der Waals surface area (Å²) in [6.45, 7) is 2.04. The number of hydrogen-bond donors (Lipinski definition) is 0. The van der Waals surface area contributed by atoms with Gasteiger partial charge in [-0.3, -0.25) is 4.79 Å². The Hall–Kier alpha value is -3.18. The first-order chi connectivity index (χ1) is 14.6. The van der Waals surface area contributed by atoms with Crippen molar-refractivity contribution in [3.8, 4) is 5.69 Å². The number of nitrogens with zero attached hydrogens (tertiary/aromatic N) is 2. The van der Waals surface area contributed by atoms with Gasteiger partial charge in [0.25, 0.3) is 0 Å². The molecule has 4 aromatic rings. The summed E-state index contributed by atoms with van der Waals surface area (Å²) in [5.41, 5.74) is 4.95. The Morgan fingerprint density at radius 1 is 0.967 bits per heavy atom. The van der Waals surface area contributed by atoms with Crippen LogP contribution in [0.25, 0.3) is 5.69 Å². The molecule has 0 radical (unpaired) electrons. The number of benzene rings is 3. The normalized spacial score (nSPS) is 11.8. The van der Waals surface area contributed by atoms with Gasteiger partial charge in [-0.15, -0.1) is 0 Å². The minimum Gasteiger partial charge on any atom is -0.452 e. The zero-order valence-electron chi connectivity index (χ0n) is 16.5. The van der Waals surface area contributed by atoms with Crippen LogP contribution in [-0.4, -0.2) is 15.5 Å². The molecule has 3 aromatic carbocycles. The summed E-state index contributed by atoms with van der Waals surface area (Å²) >= 11 is 3.42. The lowest BCUT2D eigenvalue weighted by Crippen LogP contribution is -2.15. The molecular formula is C25H21BrN2O2. The van der Waals surface area contributed by atoms with Gasteiger partial charge in [0.1, 0.15) is 0 Å². The second kappa shape index (κ2) is 9.09. The van der Waals surface area contributed by atoms with Gasteiger partial charge in [-0.1, -0.05) is 70.0 Å². The Balaban J connectivity index is 1.58. The maximum Gasteiger partial charge on any atom is 0.311 e. The Bertz CT molecular complexity index is 1100. The van der Waals surface area contributed by atoms with E-state index >= 15 is 0 Å². The Morgan fingerprint density at radius 3 is 2.20 bits per heavy atom. The molecule has 0 N–H and O–H groups in total. The summed E-state index contributed by atoms with van der Waals surface area (Å²) < 4.78 is 8.87. The topological polar surface area (TPSA) is 44.1 Å². The van der Waals surface area contributed by atoms with Crippen LogP contribution in [0.4, 0.5) is 0 Å². The van der Waals surface area contributed by atoms with E-state index in [2.05, 4.69) is 20.9 Å². The third kappa shape index (κ3) is 4.86. The minimum atomic E-state index is -0.467. The highest BCUT2D eigenvalue weighted by molar-refractivity contribution is 9.10. The van der Waals surface area contributed by atoms with Gasteiger partial charge in [0.05, 0.1) is 12.7 Å². The monoisotopic (exact) mass is 460 g/mol. The Morgan fingerprint density at radius 2 is 1.60 bits per heavy atom. The molecule has 0 bridgehead atoms. The minimum absolute atomic E-state index is 0.225. The van der Waals surface area contributed by atoms with Crippen molar-refractivity contribution < 1.29 is 9.53 Å². The van der Waals surface area contributed by atoms with Crippen molar-refractivity contribution in [2.75, 3.05) is 0 Å². The van der Waals surface area contributed by atoms with E-state index < -0.39 is 6.10 Å². The Kier molecular flexibility index (Phi) is 6.10. The first-order valence-electron chi connectivity index (χ1n) is 9.67. The molecule has 1 aromatic heterocycles. The van der Waals surface area contributed by atoms with Gasteiger partial charge in [-0.25, -0.2) is 4.98 Å². The molecule has 0 amide bonds. The number of aromatic nitrogens is 2. The number of carbonyl (C=O) groups excluding carboxylic acids is 1. The first kappa shape index (κ1) is 20.1. The third-order valence-corrected chi connectivity index (χ3v) is 5.42. The summed E-state index contributed by atoms with van der Waals surface area (Å²) in [5, 5.41) is 0. The van der Waals surface area contributed by atoms with Crippen LogP contribution in [0.1, 0.15) is 28.4 Å². The van der Waals surface area contributed by atoms with E-state index in [1.54, 1.807) is 12.5 Å². The van der Waals surface area contributed by atoms with Gasteiger partial charge in [-0.05, 0) is 47.9 Å². The average molecular weight is 461 g/mol. The summed E-state index contributed by atoms with van der Waals surface area (Å²) in [6.07, 6.45) is 5.15. The maximum atomic E-state index is 12.7. The van der Waals surface area contributed by atoms with Crippen LogP contribution in [0, 0.1) is 6.92 Å². The van der Waals surface area contributed by atoms with Crippen molar-refractivity contribution in [2.45, 2.75) is 19.4 Å². The smallest absolute Gasteiger partial charge is 0.311 e. The van der Waals surface area contributed by atoms with Gasteiger partial charge >= 0.3 is 5.97 Å². The number of aryl methyl sites for hydroxylation is 1. The predicted molar refractivity (Wildman–Crippen MR) is 121 cm³/mol. The molecule has 5 heteroatoms. The van der Waals surface area contributed by atoms with Crippen LogP contribution in [0.5, 0.6) is 0 Å². The van der Waals surface area contributed by atoms with Gasteiger partial charge in [-0.2, -0.15) is 0 Å². The molecular weight excluding hydrogens is 440 g/mol. The summed E-state index contributed by atoms with van der Waals surface area (Å²) in [7, 11) is 0. The molecule has 1 heterocycles. The second-order valence-electron chi connectivity index (χ2n) is 7.15. The second-order valence-corrected chi connectivity index (χ2v) is 8.06. The molecule has 30 heavy (non-hydrogen) atoms. The highest BCUT2D eigenvalue weighted by Crippen LogP contribution is 2.28. The number of esters is 1. The fourth-order valence-electron chi connectivity index (χ4n) is 3.24. The van der Waals surface area contributed by atoms with Gasteiger partial charge in [0.15, 0.2) is 6.10 Å². The lowest BCUT2D eigenvalue weighted by molar-refractivity contribution is -0.146. The Labute approximate surface area is 184 Å². The molecule has 0 fully saturated rings. The van der Waals surface area contributed by atoms with Crippen molar-refractivity contribution in [2.24, 2.45) is 0 Å². The fraction of sp³-hybridized carbons (Fsp3) is 0.120. The number of hydrogen-bond acceptors (Lipinski definition) is 3. The molecule has 4 rings (SSSR count). The van der Waals surface area contributed by atoms with Gasteiger partial charge in [0.2, 0.25) is 0 Å².